The molecule has 1 aliphatic heterocycles. The predicted octanol–water partition coefficient (Wildman–Crippen LogP) is 5.82. The molecule has 1 heterocycles. The van der Waals surface area contributed by atoms with E-state index >= 15 is 0 Å². The number of likely N-dealkylation sites (tertiary alicyclic amines) is 1. The summed E-state index contributed by atoms with van der Waals surface area (Å²) >= 11 is 0. The Balaban J connectivity index is 1.27. The number of ether oxygens (including phenoxy) is 1. The van der Waals surface area contributed by atoms with E-state index in [2.05, 4.69) is 18.7 Å². The van der Waals surface area contributed by atoms with Gasteiger partial charge in [0.05, 0.1) is 13.2 Å². The van der Waals surface area contributed by atoms with Crippen LogP contribution in [0.15, 0.2) is 24.3 Å². The van der Waals surface area contributed by atoms with Crippen molar-refractivity contribution < 1.29 is 13.9 Å². The van der Waals surface area contributed by atoms with E-state index in [1.165, 1.54) is 44.6 Å². The first-order chi connectivity index (χ1) is 14.8. The largest absolute Gasteiger partial charge is 0.376 e. The average Bonchev–Trinajstić information content (AvgIpc) is 3.09. The van der Waals surface area contributed by atoms with E-state index in [1.54, 1.807) is 6.07 Å². The van der Waals surface area contributed by atoms with Gasteiger partial charge in [-0.2, -0.15) is 0 Å². The molecule has 170 valence electrons. The molecule has 0 bridgehead atoms. The quantitative estimate of drug-likeness (QED) is 0.606. The lowest BCUT2D eigenvalue weighted by Gasteiger charge is -2.61. The lowest BCUT2D eigenvalue weighted by Crippen LogP contribution is -2.61. The summed E-state index contributed by atoms with van der Waals surface area (Å²) in [4.78, 5) is 14.4. The molecule has 1 aromatic rings. The third-order valence-electron chi connectivity index (χ3n) is 10.3. The zero-order valence-corrected chi connectivity index (χ0v) is 19.4. The molecule has 31 heavy (non-hydrogen) atoms. The number of carbonyl (C=O) groups excluding carboxylic acids is 1. The van der Waals surface area contributed by atoms with Crippen molar-refractivity contribution in [3.05, 3.63) is 35.6 Å². The molecule has 0 N–H and O–H groups in total. The molecule has 7 atom stereocenters. The summed E-state index contributed by atoms with van der Waals surface area (Å²) < 4.78 is 20.0. The Labute approximate surface area is 186 Å². The van der Waals surface area contributed by atoms with Gasteiger partial charge in [-0.15, -0.1) is 0 Å². The van der Waals surface area contributed by atoms with Gasteiger partial charge in [-0.1, -0.05) is 32.0 Å². The normalized spacial score (nSPS) is 42.1. The Bertz CT molecular complexity index is 842. The summed E-state index contributed by atoms with van der Waals surface area (Å²) in [5, 5.41) is 0. The molecule has 5 rings (SSSR count). The van der Waals surface area contributed by atoms with Gasteiger partial charge in [-0.3, -0.25) is 4.79 Å². The van der Waals surface area contributed by atoms with Crippen LogP contribution in [0.5, 0.6) is 0 Å². The standard InChI is InChI=1S/C27H38FNO2/c1-26-14-12-22-20(9-11-24-27(22,2)15-13-25(30)29(24)3)21(26)10-8-19(26)17-31-16-18-6-4-5-7-23(18)28/h4-7,19-22,24H,8-17H2,1-3H3/t19?,20-,21-,22-,24+,26+,27+/m0/s1. The zero-order chi connectivity index (χ0) is 21.8. The molecular weight excluding hydrogens is 389 g/mol. The Kier molecular flexibility index (Phi) is 5.44. The molecular formula is C27H38FNO2. The highest BCUT2D eigenvalue weighted by Crippen LogP contribution is 2.66. The molecule has 1 saturated heterocycles. The van der Waals surface area contributed by atoms with E-state index in [9.17, 15) is 9.18 Å². The maximum absolute atomic E-state index is 13.9. The topological polar surface area (TPSA) is 29.5 Å². The number of amides is 1. The number of halogens is 1. The van der Waals surface area contributed by atoms with E-state index in [1.807, 2.05) is 19.2 Å². The first-order valence-corrected chi connectivity index (χ1v) is 12.4. The maximum Gasteiger partial charge on any atom is 0.222 e. The molecule has 3 nitrogen and oxygen atoms in total. The van der Waals surface area contributed by atoms with E-state index in [4.69, 9.17) is 4.74 Å². The maximum atomic E-state index is 13.9. The molecule has 3 saturated carbocycles. The van der Waals surface area contributed by atoms with Crippen LogP contribution < -0.4 is 0 Å². The first-order valence-electron chi connectivity index (χ1n) is 12.4. The minimum absolute atomic E-state index is 0.167. The second kappa shape index (κ2) is 7.86. The molecule has 1 aromatic carbocycles. The number of carbonyl (C=O) groups is 1. The number of rotatable bonds is 4. The van der Waals surface area contributed by atoms with Crippen molar-refractivity contribution >= 4 is 5.91 Å². The van der Waals surface area contributed by atoms with Crippen LogP contribution in [0.3, 0.4) is 0 Å². The Hall–Kier alpha value is -1.42. The molecule has 1 unspecified atom stereocenters. The van der Waals surface area contributed by atoms with Crippen LogP contribution in [-0.2, 0) is 16.1 Å². The first kappa shape index (κ1) is 21.4. The van der Waals surface area contributed by atoms with Crippen molar-refractivity contribution in [2.24, 2.45) is 34.5 Å². The van der Waals surface area contributed by atoms with Crippen molar-refractivity contribution in [1.29, 1.82) is 0 Å². The zero-order valence-electron chi connectivity index (χ0n) is 19.4. The summed E-state index contributed by atoms with van der Waals surface area (Å²) in [5.41, 5.74) is 1.29. The van der Waals surface area contributed by atoms with Crippen molar-refractivity contribution in [1.82, 2.24) is 4.90 Å². The monoisotopic (exact) mass is 427 g/mol. The third kappa shape index (κ3) is 3.35. The van der Waals surface area contributed by atoms with Crippen LogP contribution >= 0.6 is 0 Å². The molecule has 4 heteroatoms. The van der Waals surface area contributed by atoms with Gasteiger partial charge in [-0.25, -0.2) is 4.39 Å². The molecule has 4 aliphatic rings. The summed E-state index contributed by atoms with van der Waals surface area (Å²) in [7, 11) is 2.04. The van der Waals surface area contributed by atoms with Gasteiger partial charge in [0.2, 0.25) is 5.91 Å². The van der Waals surface area contributed by atoms with Crippen LogP contribution in [0.25, 0.3) is 0 Å². The summed E-state index contributed by atoms with van der Waals surface area (Å²) in [6.45, 7) is 6.12. The Morgan fingerprint density at radius 3 is 2.61 bits per heavy atom. The van der Waals surface area contributed by atoms with Crippen molar-refractivity contribution in [2.45, 2.75) is 77.9 Å². The SMILES string of the molecule is CN1C(=O)CC[C@]2(C)[C@H]3CC[C@]4(C)C(COCc5ccccc5F)CC[C@H]4[C@@H]3CC[C@@H]12. The smallest absolute Gasteiger partial charge is 0.222 e. The summed E-state index contributed by atoms with van der Waals surface area (Å²) in [6.07, 6.45) is 9.33. The second-order valence-corrected chi connectivity index (χ2v) is 11.4. The fourth-order valence-corrected chi connectivity index (χ4v) is 8.46. The molecule has 0 aromatic heterocycles. The lowest BCUT2D eigenvalue weighted by molar-refractivity contribution is -0.159. The highest BCUT2D eigenvalue weighted by atomic mass is 19.1. The molecule has 1 amide bonds. The molecule has 3 aliphatic carbocycles. The fraction of sp³-hybridized carbons (Fsp3) is 0.741. The van der Waals surface area contributed by atoms with Gasteiger partial charge in [0, 0.05) is 25.1 Å². The van der Waals surface area contributed by atoms with E-state index < -0.39 is 0 Å². The summed E-state index contributed by atoms with van der Waals surface area (Å²) in [5.74, 6) is 3.06. The summed E-state index contributed by atoms with van der Waals surface area (Å²) in [6, 6.07) is 7.38. The van der Waals surface area contributed by atoms with Crippen LogP contribution in [0.4, 0.5) is 4.39 Å². The van der Waals surface area contributed by atoms with Gasteiger partial charge in [0.1, 0.15) is 5.82 Å². The van der Waals surface area contributed by atoms with Gasteiger partial charge < -0.3 is 9.64 Å². The van der Waals surface area contributed by atoms with E-state index in [0.717, 1.165) is 37.2 Å². The molecule has 0 radical (unpaired) electrons. The third-order valence-corrected chi connectivity index (χ3v) is 10.3. The van der Waals surface area contributed by atoms with Gasteiger partial charge in [0.15, 0.2) is 0 Å². The molecule has 0 spiro atoms. The number of fused-ring (bicyclic) bond motifs is 5. The number of nitrogens with zero attached hydrogens (tertiary/aromatic N) is 1. The number of benzene rings is 1. The second-order valence-electron chi connectivity index (χ2n) is 11.4. The number of hydrogen-bond donors (Lipinski definition) is 0. The van der Waals surface area contributed by atoms with Crippen LogP contribution in [0, 0.1) is 40.3 Å². The minimum atomic E-state index is -0.167. The number of piperidine rings is 1. The highest BCUT2D eigenvalue weighted by Gasteiger charge is 2.61. The predicted molar refractivity (Wildman–Crippen MR) is 120 cm³/mol. The fourth-order valence-electron chi connectivity index (χ4n) is 8.46. The lowest BCUT2D eigenvalue weighted by atomic mass is 9.47. The van der Waals surface area contributed by atoms with Crippen molar-refractivity contribution in [3.63, 3.8) is 0 Å². The van der Waals surface area contributed by atoms with Crippen molar-refractivity contribution in [3.8, 4) is 0 Å². The van der Waals surface area contributed by atoms with Crippen LogP contribution in [0.2, 0.25) is 0 Å². The number of hydrogen-bond acceptors (Lipinski definition) is 2. The highest BCUT2D eigenvalue weighted by molar-refractivity contribution is 5.77. The minimum Gasteiger partial charge on any atom is -0.376 e. The van der Waals surface area contributed by atoms with Gasteiger partial charge >= 0.3 is 0 Å². The van der Waals surface area contributed by atoms with Crippen molar-refractivity contribution in [2.75, 3.05) is 13.7 Å². The van der Waals surface area contributed by atoms with Gasteiger partial charge in [0.25, 0.3) is 0 Å². The Morgan fingerprint density at radius 2 is 1.81 bits per heavy atom. The van der Waals surface area contributed by atoms with Crippen LogP contribution in [0.1, 0.15) is 70.8 Å². The average molecular weight is 428 g/mol. The Morgan fingerprint density at radius 1 is 1.03 bits per heavy atom. The molecule has 4 fully saturated rings. The van der Waals surface area contributed by atoms with Crippen LogP contribution in [-0.4, -0.2) is 30.5 Å². The van der Waals surface area contributed by atoms with E-state index in [0.29, 0.717) is 35.5 Å². The van der Waals surface area contributed by atoms with Gasteiger partial charge in [-0.05, 0) is 85.5 Å². The van der Waals surface area contributed by atoms with E-state index in [-0.39, 0.29) is 11.2 Å².